The number of benzene rings is 1. The zero-order valence-corrected chi connectivity index (χ0v) is 18.3. The van der Waals surface area contributed by atoms with Crippen molar-refractivity contribution in [3.63, 3.8) is 0 Å². The Hall–Kier alpha value is -2.12. The molecule has 30 heavy (non-hydrogen) atoms. The van der Waals surface area contributed by atoms with Crippen LogP contribution >= 0.6 is 0 Å². The maximum absolute atomic E-state index is 13.1. The van der Waals surface area contributed by atoms with E-state index in [1.165, 1.54) is 0 Å². The lowest BCUT2D eigenvalue weighted by Gasteiger charge is -2.33. The van der Waals surface area contributed by atoms with Gasteiger partial charge in [0.2, 0.25) is 5.91 Å². The molecule has 2 aliphatic heterocycles. The number of nitrogens with one attached hydrogen (secondary N) is 2. The van der Waals surface area contributed by atoms with Crippen molar-refractivity contribution >= 4 is 11.9 Å². The molecule has 1 unspecified atom stereocenters. The van der Waals surface area contributed by atoms with E-state index in [0.29, 0.717) is 32.2 Å². The van der Waals surface area contributed by atoms with Crippen molar-refractivity contribution in [2.45, 2.75) is 38.6 Å². The average Bonchev–Trinajstić information content (AvgIpc) is 2.76. The van der Waals surface area contributed by atoms with Crippen molar-refractivity contribution in [1.82, 2.24) is 20.4 Å². The third-order valence-corrected chi connectivity index (χ3v) is 5.84. The molecule has 0 aliphatic carbocycles. The van der Waals surface area contributed by atoms with Gasteiger partial charge in [-0.2, -0.15) is 0 Å². The van der Waals surface area contributed by atoms with Gasteiger partial charge < -0.3 is 25.2 Å². The number of hydrogen-bond donors (Lipinski definition) is 2. The Balaban J connectivity index is 1.51. The molecule has 0 aromatic heterocycles. The summed E-state index contributed by atoms with van der Waals surface area (Å²) in [6, 6.07) is 9.71. The van der Waals surface area contributed by atoms with Crippen LogP contribution in [0.15, 0.2) is 30.3 Å². The highest BCUT2D eigenvalue weighted by Gasteiger charge is 2.28. The van der Waals surface area contributed by atoms with Crippen LogP contribution in [0.1, 0.15) is 38.2 Å². The molecule has 2 fully saturated rings. The third-order valence-electron chi connectivity index (χ3n) is 5.84. The van der Waals surface area contributed by atoms with Crippen LogP contribution in [0.25, 0.3) is 0 Å². The van der Waals surface area contributed by atoms with Crippen molar-refractivity contribution in [2.24, 2.45) is 5.92 Å². The van der Waals surface area contributed by atoms with Crippen LogP contribution in [0.4, 0.5) is 4.79 Å². The molecule has 2 saturated heterocycles. The van der Waals surface area contributed by atoms with Crippen LogP contribution in [-0.2, 0) is 9.53 Å². The fourth-order valence-corrected chi connectivity index (χ4v) is 4.24. The number of piperidine rings is 1. The van der Waals surface area contributed by atoms with E-state index in [9.17, 15) is 9.59 Å². The number of urea groups is 1. The highest BCUT2D eigenvalue weighted by molar-refractivity contribution is 5.85. The molecule has 7 heteroatoms. The van der Waals surface area contributed by atoms with E-state index in [-0.39, 0.29) is 30.4 Å². The fourth-order valence-electron chi connectivity index (χ4n) is 4.24. The maximum atomic E-state index is 13.1. The molecule has 2 N–H and O–H groups in total. The summed E-state index contributed by atoms with van der Waals surface area (Å²) in [4.78, 5) is 29.9. The number of hydrogen-bond acceptors (Lipinski definition) is 4. The SMILES string of the molecule is CC(C)CN1CCC(NC(=O)NCC(C(=O)N2CCOCC2)c2ccccc2)CC1. The second kappa shape index (κ2) is 11.3. The third kappa shape index (κ3) is 6.71. The first kappa shape index (κ1) is 22.6. The van der Waals surface area contributed by atoms with Crippen molar-refractivity contribution < 1.29 is 14.3 Å². The van der Waals surface area contributed by atoms with Gasteiger partial charge >= 0.3 is 6.03 Å². The second-order valence-electron chi connectivity index (χ2n) is 8.72. The summed E-state index contributed by atoms with van der Waals surface area (Å²) in [5.74, 6) is 0.325. The van der Waals surface area contributed by atoms with E-state index in [1.54, 1.807) is 0 Å². The van der Waals surface area contributed by atoms with Gasteiger partial charge in [0, 0.05) is 45.3 Å². The van der Waals surface area contributed by atoms with Crippen molar-refractivity contribution in [2.75, 3.05) is 52.5 Å². The number of likely N-dealkylation sites (tertiary alicyclic amines) is 1. The van der Waals surface area contributed by atoms with Crippen LogP contribution in [0.5, 0.6) is 0 Å². The van der Waals surface area contributed by atoms with Gasteiger partial charge in [-0.15, -0.1) is 0 Å². The second-order valence-corrected chi connectivity index (χ2v) is 8.72. The molecule has 3 amide bonds. The Morgan fingerprint density at radius 3 is 2.37 bits per heavy atom. The number of carbonyl (C=O) groups excluding carboxylic acids is 2. The van der Waals surface area contributed by atoms with Crippen molar-refractivity contribution in [3.05, 3.63) is 35.9 Å². The van der Waals surface area contributed by atoms with Gasteiger partial charge in [0.1, 0.15) is 0 Å². The quantitative estimate of drug-likeness (QED) is 0.714. The van der Waals surface area contributed by atoms with Gasteiger partial charge in [-0.05, 0) is 24.3 Å². The predicted octanol–water partition coefficient (Wildman–Crippen LogP) is 2.05. The van der Waals surface area contributed by atoms with E-state index in [4.69, 9.17) is 4.74 Å². The molecule has 1 aromatic rings. The lowest BCUT2D eigenvalue weighted by atomic mass is 9.97. The standard InChI is InChI=1S/C23H36N4O3/c1-18(2)17-26-10-8-20(9-11-26)25-23(29)24-16-21(19-6-4-3-5-7-19)22(28)27-12-14-30-15-13-27/h3-7,18,20-21H,8-17H2,1-2H3,(H2,24,25,29). The van der Waals surface area contributed by atoms with Crippen molar-refractivity contribution in [1.29, 1.82) is 0 Å². The summed E-state index contributed by atoms with van der Waals surface area (Å²) in [6.45, 7) is 10.2. The number of morpholine rings is 1. The molecule has 1 atom stereocenters. The zero-order chi connectivity index (χ0) is 21.3. The fraction of sp³-hybridized carbons (Fsp3) is 0.652. The summed E-state index contributed by atoms with van der Waals surface area (Å²) in [5.41, 5.74) is 0.927. The molecule has 0 bridgehead atoms. The number of nitrogens with zero attached hydrogens (tertiary/aromatic N) is 2. The Kier molecular flexibility index (Phi) is 8.51. The van der Waals surface area contributed by atoms with Gasteiger partial charge in [0.15, 0.2) is 0 Å². The van der Waals surface area contributed by atoms with Gasteiger partial charge in [0.25, 0.3) is 0 Å². The Morgan fingerprint density at radius 1 is 1.07 bits per heavy atom. The Morgan fingerprint density at radius 2 is 1.73 bits per heavy atom. The largest absolute Gasteiger partial charge is 0.378 e. The highest BCUT2D eigenvalue weighted by atomic mass is 16.5. The van der Waals surface area contributed by atoms with Gasteiger partial charge in [-0.3, -0.25) is 4.79 Å². The first-order valence-electron chi connectivity index (χ1n) is 11.2. The van der Waals surface area contributed by atoms with E-state index in [0.717, 1.165) is 38.0 Å². The molecule has 2 aliphatic rings. The molecule has 0 saturated carbocycles. The normalized spacial score (nSPS) is 19.5. The van der Waals surface area contributed by atoms with E-state index in [1.807, 2.05) is 35.2 Å². The van der Waals surface area contributed by atoms with Crippen LogP contribution < -0.4 is 10.6 Å². The molecule has 166 valence electrons. The summed E-state index contributed by atoms with van der Waals surface area (Å²) in [5, 5.41) is 6.05. The Labute approximate surface area is 180 Å². The molecule has 1 aromatic carbocycles. The average molecular weight is 417 g/mol. The molecule has 3 rings (SSSR count). The summed E-state index contributed by atoms with van der Waals surface area (Å²) >= 11 is 0. The Bertz CT molecular complexity index is 668. The lowest BCUT2D eigenvalue weighted by molar-refractivity contribution is -0.136. The molecule has 7 nitrogen and oxygen atoms in total. The minimum Gasteiger partial charge on any atom is -0.378 e. The summed E-state index contributed by atoms with van der Waals surface area (Å²) < 4.78 is 5.37. The maximum Gasteiger partial charge on any atom is 0.315 e. The van der Waals surface area contributed by atoms with E-state index >= 15 is 0 Å². The predicted molar refractivity (Wildman–Crippen MR) is 117 cm³/mol. The number of amides is 3. The lowest BCUT2D eigenvalue weighted by Crippen LogP contribution is -2.50. The smallest absolute Gasteiger partial charge is 0.315 e. The van der Waals surface area contributed by atoms with Gasteiger partial charge in [0.05, 0.1) is 19.1 Å². The minimum atomic E-state index is -0.386. The van der Waals surface area contributed by atoms with Crippen LogP contribution in [0.3, 0.4) is 0 Å². The van der Waals surface area contributed by atoms with E-state index < -0.39 is 0 Å². The summed E-state index contributed by atoms with van der Waals surface area (Å²) in [7, 11) is 0. The number of rotatable bonds is 7. The number of ether oxygens (including phenoxy) is 1. The van der Waals surface area contributed by atoms with Gasteiger partial charge in [-0.25, -0.2) is 4.79 Å². The molecular formula is C23H36N4O3. The monoisotopic (exact) mass is 416 g/mol. The first-order valence-corrected chi connectivity index (χ1v) is 11.2. The van der Waals surface area contributed by atoms with Crippen LogP contribution in [0, 0.1) is 5.92 Å². The minimum absolute atomic E-state index is 0.0480. The molecule has 0 radical (unpaired) electrons. The molecule has 2 heterocycles. The number of carbonyl (C=O) groups is 2. The zero-order valence-electron chi connectivity index (χ0n) is 18.3. The van der Waals surface area contributed by atoms with Crippen LogP contribution in [0.2, 0.25) is 0 Å². The topological polar surface area (TPSA) is 73.9 Å². The van der Waals surface area contributed by atoms with Crippen LogP contribution in [-0.4, -0.2) is 80.3 Å². The van der Waals surface area contributed by atoms with Gasteiger partial charge in [-0.1, -0.05) is 44.2 Å². The summed E-state index contributed by atoms with van der Waals surface area (Å²) in [6.07, 6.45) is 1.93. The first-order chi connectivity index (χ1) is 14.5. The van der Waals surface area contributed by atoms with Crippen molar-refractivity contribution in [3.8, 4) is 0 Å². The molecular weight excluding hydrogens is 380 g/mol. The molecule has 0 spiro atoms. The highest BCUT2D eigenvalue weighted by Crippen LogP contribution is 2.19. The van der Waals surface area contributed by atoms with E-state index in [2.05, 4.69) is 29.4 Å².